The number of hydrogen-bond donors (Lipinski definition) is 1. The molecule has 1 aromatic carbocycles. The van der Waals surface area contributed by atoms with Crippen molar-refractivity contribution in [2.75, 3.05) is 11.9 Å². The van der Waals surface area contributed by atoms with Crippen LogP contribution < -0.4 is 5.32 Å². The summed E-state index contributed by atoms with van der Waals surface area (Å²) in [5.41, 5.74) is 2.97. The minimum absolute atomic E-state index is 0.208. The quantitative estimate of drug-likeness (QED) is 0.726. The minimum atomic E-state index is -0.208. The van der Waals surface area contributed by atoms with E-state index in [1.54, 1.807) is 25.1 Å². The molecule has 0 aliphatic rings. The normalized spacial score (nSPS) is 11.2. The van der Waals surface area contributed by atoms with Crippen LogP contribution in [0.3, 0.4) is 0 Å². The molecule has 23 heavy (non-hydrogen) atoms. The molecule has 2 aromatic heterocycles. The third-order valence-corrected chi connectivity index (χ3v) is 4.04. The minimum Gasteiger partial charge on any atom is -0.368 e. The number of rotatable bonds is 4. The Labute approximate surface area is 139 Å². The van der Waals surface area contributed by atoms with E-state index in [1.165, 1.54) is 0 Å². The predicted octanol–water partition coefficient (Wildman–Crippen LogP) is 4.26. The summed E-state index contributed by atoms with van der Waals surface area (Å²) in [6.45, 7) is 7.13. The lowest BCUT2D eigenvalue weighted by Crippen LogP contribution is -2.12. The average Bonchev–Trinajstić information content (AvgIpc) is 2.75. The van der Waals surface area contributed by atoms with E-state index in [9.17, 15) is 4.39 Å². The molecule has 6 heteroatoms. The van der Waals surface area contributed by atoms with Gasteiger partial charge in [0.2, 0.25) is 0 Å². The number of nitrogens with one attached hydrogen (secondary N) is 1. The second-order valence-corrected chi connectivity index (χ2v) is 6.03. The van der Waals surface area contributed by atoms with E-state index in [0.717, 1.165) is 22.2 Å². The summed E-state index contributed by atoms with van der Waals surface area (Å²) >= 11 is 5.93. The molecule has 1 N–H and O–H groups in total. The Morgan fingerprint density at radius 1 is 1.13 bits per heavy atom. The van der Waals surface area contributed by atoms with Gasteiger partial charge in [0, 0.05) is 30.2 Å². The van der Waals surface area contributed by atoms with Gasteiger partial charge in [-0.2, -0.15) is 0 Å². The van der Waals surface area contributed by atoms with Crippen LogP contribution >= 0.6 is 11.6 Å². The molecule has 0 saturated heterocycles. The lowest BCUT2D eigenvalue weighted by atomic mass is 10.1. The highest BCUT2D eigenvalue weighted by Gasteiger charge is 2.09. The Balaban J connectivity index is 1.80. The van der Waals surface area contributed by atoms with Crippen molar-refractivity contribution in [3.8, 4) is 0 Å². The Morgan fingerprint density at radius 3 is 2.65 bits per heavy atom. The molecule has 0 radical (unpaired) electrons. The van der Waals surface area contributed by atoms with E-state index in [0.29, 0.717) is 29.9 Å². The number of halogens is 2. The van der Waals surface area contributed by atoms with Crippen molar-refractivity contribution < 1.29 is 4.39 Å². The van der Waals surface area contributed by atoms with Crippen LogP contribution in [-0.2, 0) is 6.54 Å². The monoisotopic (exact) mass is 332 g/mol. The molecule has 2 heterocycles. The Bertz CT molecular complexity index is 852. The van der Waals surface area contributed by atoms with Gasteiger partial charge in [-0.3, -0.25) is 0 Å². The topological polar surface area (TPSA) is 42.7 Å². The van der Waals surface area contributed by atoms with E-state index in [2.05, 4.69) is 25.9 Å². The predicted molar refractivity (Wildman–Crippen MR) is 91.6 cm³/mol. The first-order chi connectivity index (χ1) is 10.9. The molecule has 0 aliphatic heterocycles. The molecule has 0 saturated carbocycles. The number of aryl methyl sites for hydroxylation is 3. The molecule has 0 aliphatic carbocycles. The third-order valence-electron chi connectivity index (χ3n) is 3.85. The molecule has 3 rings (SSSR count). The summed E-state index contributed by atoms with van der Waals surface area (Å²) in [7, 11) is 0. The molecule has 0 amide bonds. The first-order valence-electron chi connectivity index (χ1n) is 7.45. The molecule has 0 unspecified atom stereocenters. The van der Waals surface area contributed by atoms with Crippen LogP contribution in [0.15, 0.2) is 24.3 Å². The van der Waals surface area contributed by atoms with Gasteiger partial charge in [0.25, 0.3) is 0 Å². The number of nitrogens with zero attached hydrogens (tertiary/aromatic N) is 3. The number of aromatic nitrogens is 3. The molecular weight excluding hydrogens is 315 g/mol. The van der Waals surface area contributed by atoms with Gasteiger partial charge in [-0.15, -0.1) is 0 Å². The summed E-state index contributed by atoms with van der Waals surface area (Å²) in [6.07, 6.45) is 0. The van der Waals surface area contributed by atoms with Crippen LogP contribution in [0.5, 0.6) is 0 Å². The van der Waals surface area contributed by atoms with Gasteiger partial charge in [-0.1, -0.05) is 11.6 Å². The van der Waals surface area contributed by atoms with Crippen molar-refractivity contribution in [3.05, 3.63) is 52.3 Å². The first-order valence-corrected chi connectivity index (χ1v) is 7.83. The van der Waals surface area contributed by atoms with Gasteiger partial charge in [-0.25, -0.2) is 14.4 Å². The van der Waals surface area contributed by atoms with Crippen molar-refractivity contribution in [1.29, 1.82) is 0 Å². The molecule has 0 atom stereocenters. The van der Waals surface area contributed by atoms with Gasteiger partial charge in [0.1, 0.15) is 22.6 Å². The Morgan fingerprint density at radius 2 is 1.91 bits per heavy atom. The molecule has 4 nitrogen and oxygen atoms in total. The summed E-state index contributed by atoms with van der Waals surface area (Å²) in [6, 6.07) is 6.94. The lowest BCUT2D eigenvalue weighted by molar-refractivity contribution is 0.626. The molecule has 0 bridgehead atoms. The van der Waals surface area contributed by atoms with Crippen LogP contribution in [0, 0.1) is 26.6 Å². The van der Waals surface area contributed by atoms with Crippen LogP contribution in [0.25, 0.3) is 10.9 Å². The maximum Gasteiger partial charge on any atom is 0.134 e. The van der Waals surface area contributed by atoms with Gasteiger partial charge in [-0.05, 0) is 44.5 Å². The van der Waals surface area contributed by atoms with Gasteiger partial charge >= 0.3 is 0 Å². The summed E-state index contributed by atoms with van der Waals surface area (Å²) in [5, 5.41) is 4.74. The highest BCUT2D eigenvalue weighted by molar-refractivity contribution is 6.29. The maximum absolute atomic E-state index is 13.7. The highest BCUT2D eigenvalue weighted by atomic mass is 35.5. The maximum atomic E-state index is 13.7. The van der Waals surface area contributed by atoms with Gasteiger partial charge in [0.05, 0.1) is 5.52 Å². The summed E-state index contributed by atoms with van der Waals surface area (Å²) < 4.78 is 15.8. The van der Waals surface area contributed by atoms with Crippen molar-refractivity contribution in [1.82, 2.24) is 14.5 Å². The van der Waals surface area contributed by atoms with E-state index in [4.69, 9.17) is 11.6 Å². The number of benzene rings is 1. The Hall–Kier alpha value is -2.14. The fourth-order valence-electron chi connectivity index (χ4n) is 2.84. The molecule has 120 valence electrons. The van der Waals surface area contributed by atoms with Crippen molar-refractivity contribution >= 4 is 28.3 Å². The summed E-state index contributed by atoms with van der Waals surface area (Å²) in [5.74, 6) is 1.11. The van der Waals surface area contributed by atoms with Crippen LogP contribution in [0.4, 0.5) is 10.2 Å². The van der Waals surface area contributed by atoms with E-state index in [-0.39, 0.29) is 5.82 Å². The largest absolute Gasteiger partial charge is 0.368 e. The fraction of sp³-hybridized carbons (Fsp3) is 0.294. The lowest BCUT2D eigenvalue weighted by Gasteiger charge is -2.11. The van der Waals surface area contributed by atoms with Crippen molar-refractivity contribution in [2.45, 2.75) is 27.3 Å². The zero-order valence-electron chi connectivity index (χ0n) is 13.3. The zero-order valence-corrected chi connectivity index (χ0v) is 14.1. The standard InChI is InChI=1S/C17H18ClFN4/c1-10-6-13(19)8-15-14(10)7-11(2)23(15)5-4-20-17-9-16(18)21-12(3)22-17/h6-9H,4-5H2,1-3H3,(H,20,21,22). The fourth-order valence-corrected chi connectivity index (χ4v) is 3.06. The van der Waals surface area contributed by atoms with Crippen molar-refractivity contribution in [2.24, 2.45) is 0 Å². The van der Waals surface area contributed by atoms with E-state index < -0.39 is 0 Å². The average molecular weight is 333 g/mol. The van der Waals surface area contributed by atoms with E-state index >= 15 is 0 Å². The third kappa shape index (κ3) is 3.29. The zero-order chi connectivity index (χ0) is 16.6. The second-order valence-electron chi connectivity index (χ2n) is 5.64. The van der Waals surface area contributed by atoms with Crippen molar-refractivity contribution in [3.63, 3.8) is 0 Å². The van der Waals surface area contributed by atoms with Crippen LogP contribution in [0.1, 0.15) is 17.1 Å². The molecular formula is C17H18ClFN4. The van der Waals surface area contributed by atoms with Crippen LogP contribution in [-0.4, -0.2) is 21.1 Å². The van der Waals surface area contributed by atoms with Gasteiger partial charge < -0.3 is 9.88 Å². The van der Waals surface area contributed by atoms with Crippen LogP contribution in [0.2, 0.25) is 5.15 Å². The summed E-state index contributed by atoms with van der Waals surface area (Å²) in [4.78, 5) is 8.32. The molecule has 3 aromatic rings. The van der Waals surface area contributed by atoms with E-state index in [1.807, 2.05) is 13.8 Å². The second kappa shape index (κ2) is 6.16. The number of hydrogen-bond acceptors (Lipinski definition) is 3. The molecule has 0 spiro atoms. The van der Waals surface area contributed by atoms with Gasteiger partial charge in [0.15, 0.2) is 0 Å². The number of fused-ring (bicyclic) bond motifs is 1. The highest BCUT2D eigenvalue weighted by Crippen LogP contribution is 2.24. The smallest absolute Gasteiger partial charge is 0.134 e. The number of anilines is 1. The Kier molecular flexibility index (Phi) is 4.22. The molecule has 0 fully saturated rings. The SMILES string of the molecule is Cc1nc(Cl)cc(NCCn2c(C)cc3c(C)cc(F)cc32)n1. The first kappa shape index (κ1) is 15.7.